The molecule has 2 bridgehead atoms. The molecule has 3 saturated heterocycles. The maximum atomic E-state index is 9.72. The van der Waals surface area contributed by atoms with Crippen LogP contribution in [0.4, 0.5) is 0 Å². The van der Waals surface area contributed by atoms with Crippen molar-refractivity contribution in [1.29, 1.82) is 0 Å². The average Bonchev–Trinajstić information content (AvgIpc) is 2.80. The first-order valence-corrected chi connectivity index (χ1v) is 5.95. The van der Waals surface area contributed by atoms with Crippen LogP contribution < -0.4 is 0 Å². The Balaban J connectivity index is 0.000000514. The zero-order chi connectivity index (χ0) is 13.0. The van der Waals surface area contributed by atoms with Gasteiger partial charge in [-0.1, -0.05) is 11.6 Å². The number of hydrogen-bond donors (Lipinski definition) is 2. The predicted octanol–water partition coefficient (Wildman–Crippen LogP) is -0.546. The van der Waals surface area contributed by atoms with Crippen LogP contribution in [0.1, 0.15) is 13.8 Å². The van der Waals surface area contributed by atoms with E-state index in [2.05, 4.69) is 0 Å². The van der Waals surface area contributed by atoms with Crippen molar-refractivity contribution in [2.45, 2.75) is 55.2 Å². The molecule has 0 spiro atoms. The normalized spacial score (nSPS) is 54.1. The summed E-state index contributed by atoms with van der Waals surface area (Å²) in [7, 11) is 0. The Kier molecular flexibility index (Phi) is 3.43. The molecule has 0 radical (unpaired) electrons. The number of halogens is 1. The van der Waals surface area contributed by atoms with E-state index in [1.54, 1.807) is 29.8 Å². The van der Waals surface area contributed by atoms with Crippen LogP contribution in [0, 0.1) is 0 Å². The van der Waals surface area contributed by atoms with Crippen molar-refractivity contribution in [3.63, 3.8) is 0 Å². The van der Waals surface area contributed by atoms with Gasteiger partial charge in [0.05, 0.1) is 0 Å². The first-order chi connectivity index (χ1) is 7.85. The minimum absolute atomic E-state index is 0.407. The van der Waals surface area contributed by atoms with Crippen molar-refractivity contribution in [3.8, 4) is 0 Å². The molecule has 0 aromatic rings. The summed E-state index contributed by atoms with van der Waals surface area (Å²) in [4.78, 5) is 0. The van der Waals surface area contributed by atoms with Gasteiger partial charge in [-0.3, -0.25) is 0 Å². The van der Waals surface area contributed by atoms with Gasteiger partial charge in [0.1, 0.15) is 30.5 Å². The molecule has 6 nitrogen and oxygen atoms in total. The molecule has 3 aliphatic rings. The number of hydrogen-bond acceptors (Lipinski definition) is 6. The molecule has 17 heavy (non-hydrogen) atoms. The molecule has 2 N–H and O–H groups in total. The van der Waals surface area contributed by atoms with Gasteiger partial charge in [-0.15, -0.1) is 0 Å². The van der Waals surface area contributed by atoms with Crippen LogP contribution in [0.25, 0.3) is 0 Å². The molecule has 0 saturated carbocycles. The summed E-state index contributed by atoms with van der Waals surface area (Å²) in [6, 6.07) is 0. The van der Waals surface area contributed by atoms with Crippen molar-refractivity contribution < 1.29 is 44.2 Å². The van der Waals surface area contributed by atoms with Crippen molar-refractivity contribution in [1.82, 2.24) is 0 Å². The summed E-state index contributed by atoms with van der Waals surface area (Å²) >= 11 is 7.82. The van der Waals surface area contributed by atoms with E-state index in [4.69, 9.17) is 29.6 Å². The van der Waals surface area contributed by atoms with Gasteiger partial charge in [-0.2, -0.15) is 0 Å². The summed E-state index contributed by atoms with van der Waals surface area (Å²) in [6.45, 7) is 3.54. The zero-order valence-electron chi connectivity index (χ0n) is 9.17. The molecule has 0 amide bonds. The molecule has 0 aliphatic carbocycles. The van der Waals surface area contributed by atoms with Crippen LogP contribution in [0.15, 0.2) is 0 Å². The fourth-order valence-electron chi connectivity index (χ4n) is 2.59. The summed E-state index contributed by atoms with van der Waals surface area (Å²) in [6.07, 6.45) is -3.69. The van der Waals surface area contributed by atoms with E-state index in [0.717, 1.165) is 0 Å². The molecular weight excluding hydrogens is 294 g/mol. The van der Waals surface area contributed by atoms with Crippen molar-refractivity contribution in [2.75, 3.05) is 0 Å². The number of alkyl halides is 1. The molecule has 3 heterocycles. The average molecular weight is 308 g/mol. The van der Waals surface area contributed by atoms with Crippen LogP contribution in [0.2, 0.25) is 0 Å². The van der Waals surface area contributed by atoms with Crippen LogP contribution in [-0.4, -0.2) is 51.6 Å². The van der Waals surface area contributed by atoms with E-state index in [0.29, 0.717) is 0 Å². The van der Waals surface area contributed by atoms with E-state index in [-0.39, 0.29) is 0 Å². The number of aliphatic hydroxyl groups is 2. The third kappa shape index (κ3) is 1.81. The number of ether oxygens (including phenoxy) is 3. The van der Waals surface area contributed by atoms with Gasteiger partial charge in [-0.25, -0.2) is 0 Å². The van der Waals surface area contributed by atoms with Gasteiger partial charge in [-0.05, 0) is 13.8 Å². The van der Waals surface area contributed by atoms with Crippen molar-refractivity contribution >= 4 is 11.6 Å². The zero-order valence-corrected chi connectivity index (χ0v) is 11.1. The van der Waals surface area contributed by atoms with E-state index in [1.165, 1.54) is 0 Å². The fraction of sp³-hybridized carbons (Fsp3) is 1.00. The second-order valence-electron chi connectivity index (χ2n) is 4.74. The Labute approximate surface area is 111 Å². The first-order valence-electron chi connectivity index (χ1n) is 5.09. The quantitative estimate of drug-likeness (QED) is 0.462. The van der Waals surface area contributed by atoms with E-state index in [9.17, 15) is 10.2 Å². The molecule has 99 valence electrons. The predicted molar refractivity (Wildman–Crippen MR) is 50.0 cm³/mol. The Morgan fingerprint density at radius 2 is 1.71 bits per heavy atom. The first kappa shape index (κ1) is 13.8. The summed E-state index contributed by atoms with van der Waals surface area (Å²) < 4.78 is 24.6. The second kappa shape index (κ2) is 4.21. The maximum absolute atomic E-state index is 9.72. The molecule has 6 atom stereocenters. The monoisotopic (exact) mass is 307 g/mol. The van der Waals surface area contributed by atoms with Gasteiger partial charge in [0.15, 0.2) is 10.8 Å². The number of aliphatic hydroxyl groups excluding tert-OH is 2. The van der Waals surface area contributed by atoms with Gasteiger partial charge in [0.2, 0.25) is 0 Å². The molecular formula is C9H13ClMnO6. The number of rotatable bonds is 0. The molecule has 3 rings (SSSR count). The molecule has 0 unspecified atom stereocenters. The molecule has 3 aliphatic heterocycles. The number of fused-ring (bicyclic) bond motifs is 5. The third-order valence-electron chi connectivity index (χ3n) is 3.22. The Morgan fingerprint density at radius 3 is 2.29 bits per heavy atom. The van der Waals surface area contributed by atoms with Crippen LogP contribution in [0.3, 0.4) is 0 Å². The Hall–Kier alpha value is 0.409. The van der Waals surface area contributed by atoms with Crippen LogP contribution >= 0.6 is 11.6 Å². The minimum atomic E-state index is -1.37. The molecule has 0 aromatic heterocycles. The Bertz CT molecular complexity index is 329. The summed E-state index contributed by atoms with van der Waals surface area (Å²) in [5.74, 6) is -0.749. The summed E-state index contributed by atoms with van der Waals surface area (Å²) in [5, 5.41) is 18.0. The molecule has 3 fully saturated rings. The third-order valence-corrected chi connectivity index (χ3v) is 3.75. The van der Waals surface area contributed by atoms with E-state index in [1.807, 2.05) is 0 Å². The standard InChI is InChI=1S/C9H13ClO5.Mn.O/c1-8(2)13-5-4-3(11)6(12)9(10,14-4)7(5)15-8;;/h3-7,11-12H,1-2H3;;/t3-,4+,5-,6-,7-,9-;;/m0../s1. The topological polar surface area (TPSA) is 85.2 Å². The molecule has 8 heteroatoms. The van der Waals surface area contributed by atoms with Gasteiger partial charge in [0, 0.05) is 0 Å². The second-order valence-corrected chi connectivity index (χ2v) is 5.33. The van der Waals surface area contributed by atoms with E-state index < -0.39 is 41.4 Å². The van der Waals surface area contributed by atoms with Crippen LogP contribution in [-0.2, 0) is 34.0 Å². The van der Waals surface area contributed by atoms with Gasteiger partial charge < -0.3 is 24.4 Å². The van der Waals surface area contributed by atoms with Gasteiger partial charge >= 0.3 is 19.8 Å². The molecule has 0 aromatic carbocycles. The summed E-state index contributed by atoms with van der Waals surface area (Å²) in [5.41, 5.74) is 0. The fourth-order valence-corrected chi connectivity index (χ4v) is 2.99. The Morgan fingerprint density at radius 1 is 1.12 bits per heavy atom. The van der Waals surface area contributed by atoms with Crippen molar-refractivity contribution in [3.05, 3.63) is 0 Å². The van der Waals surface area contributed by atoms with Gasteiger partial charge in [0.25, 0.3) is 0 Å². The van der Waals surface area contributed by atoms with Crippen molar-refractivity contribution in [2.24, 2.45) is 0 Å². The SMILES string of the molecule is CC1(C)O[C@H]2[C@@H]3O[C@@](Cl)([C@@H](O)[C@H]3O)[C@H]2O1.[O]=[Mn]. The van der Waals surface area contributed by atoms with Crippen LogP contribution in [0.5, 0.6) is 0 Å². The van der Waals surface area contributed by atoms with E-state index >= 15 is 0 Å².